The van der Waals surface area contributed by atoms with Gasteiger partial charge in [-0.2, -0.15) is 0 Å². The molecule has 0 atom stereocenters. The van der Waals surface area contributed by atoms with Gasteiger partial charge in [-0.25, -0.2) is 4.39 Å². The fraction of sp³-hybridized carbons (Fsp3) is 0.538. The Bertz CT molecular complexity index is 326. The van der Waals surface area contributed by atoms with Crippen LogP contribution in [0.2, 0.25) is 0 Å². The normalized spacial score (nSPS) is 11.1. The molecule has 16 heavy (non-hydrogen) atoms. The number of hydrogen-bond donors (Lipinski definition) is 0. The third-order valence-corrected chi connectivity index (χ3v) is 3.08. The van der Waals surface area contributed by atoms with E-state index in [0.717, 1.165) is 29.0 Å². The van der Waals surface area contributed by atoms with Crippen LogP contribution in [0.15, 0.2) is 22.7 Å². The number of ether oxygens (including phenoxy) is 1. The van der Waals surface area contributed by atoms with Crippen molar-refractivity contribution >= 4 is 15.9 Å². The van der Waals surface area contributed by atoms with Crippen molar-refractivity contribution in [3.8, 4) is 0 Å². The average molecular weight is 289 g/mol. The van der Waals surface area contributed by atoms with E-state index < -0.39 is 0 Å². The Balaban J connectivity index is 2.27. The second-order valence-electron chi connectivity index (χ2n) is 4.32. The molecule has 3 heteroatoms. The van der Waals surface area contributed by atoms with E-state index in [1.165, 1.54) is 18.6 Å². The van der Waals surface area contributed by atoms with Crippen LogP contribution in [0.3, 0.4) is 0 Å². The molecule has 0 aliphatic rings. The fourth-order valence-electron chi connectivity index (χ4n) is 1.41. The molecule has 0 aliphatic heterocycles. The van der Waals surface area contributed by atoms with Gasteiger partial charge in [-0.05, 0) is 36.5 Å². The van der Waals surface area contributed by atoms with Crippen LogP contribution < -0.4 is 0 Å². The maximum absolute atomic E-state index is 12.8. The van der Waals surface area contributed by atoms with E-state index >= 15 is 0 Å². The molecule has 0 bridgehead atoms. The van der Waals surface area contributed by atoms with Gasteiger partial charge in [0.15, 0.2) is 0 Å². The van der Waals surface area contributed by atoms with Crippen LogP contribution in [-0.4, -0.2) is 6.61 Å². The minimum absolute atomic E-state index is 0.226. The SMILES string of the molecule is CC(C)CCCOCc1ccc(F)cc1Br. The average Bonchev–Trinajstić information content (AvgIpc) is 2.20. The zero-order chi connectivity index (χ0) is 12.0. The summed E-state index contributed by atoms with van der Waals surface area (Å²) in [5.74, 6) is 0.497. The number of benzene rings is 1. The highest BCUT2D eigenvalue weighted by Crippen LogP contribution is 2.18. The molecule has 1 nitrogen and oxygen atoms in total. The van der Waals surface area contributed by atoms with E-state index in [4.69, 9.17) is 4.74 Å². The Labute approximate surface area is 105 Å². The van der Waals surface area contributed by atoms with E-state index in [-0.39, 0.29) is 5.82 Å². The first-order valence-corrected chi connectivity index (χ1v) is 6.40. The highest BCUT2D eigenvalue weighted by Gasteiger charge is 2.01. The summed E-state index contributed by atoms with van der Waals surface area (Å²) < 4.78 is 19.1. The van der Waals surface area contributed by atoms with Crippen molar-refractivity contribution in [2.75, 3.05) is 6.61 Å². The van der Waals surface area contributed by atoms with Crippen molar-refractivity contribution in [1.29, 1.82) is 0 Å². The molecule has 0 spiro atoms. The summed E-state index contributed by atoms with van der Waals surface area (Å²) in [6, 6.07) is 4.67. The molecular weight excluding hydrogens is 271 g/mol. The van der Waals surface area contributed by atoms with Crippen molar-refractivity contribution in [1.82, 2.24) is 0 Å². The Morgan fingerprint density at radius 1 is 1.38 bits per heavy atom. The molecule has 1 rings (SSSR count). The van der Waals surface area contributed by atoms with E-state index in [0.29, 0.717) is 6.61 Å². The highest BCUT2D eigenvalue weighted by atomic mass is 79.9. The van der Waals surface area contributed by atoms with Gasteiger partial charge in [0.05, 0.1) is 6.61 Å². The van der Waals surface area contributed by atoms with Gasteiger partial charge in [-0.1, -0.05) is 35.8 Å². The minimum Gasteiger partial charge on any atom is -0.377 e. The molecule has 0 heterocycles. The first kappa shape index (κ1) is 13.7. The van der Waals surface area contributed by atoms with Crippen LogP contribution in [0.25, 0.3) is 0 Å². The third-order valence-electron chi connectivity index (χ3n) is 2.34. The molecule has 0 radical (unpaired) electrons. The summed E-state index contributed by atoms with van der Waals surface area (Å²) in [6.07, 6.45) is 2.26. The highest BCUT2D eigenvalue weighted by molar-refractivity contribution is 9.10. The second kappa shape index (κ2) is 7.02. The molecule has 0 saturated carbocycles. The topological polar surface area (TPSA) is 9.23 Å². The summed E-state index contributed by atoms with van der Waals surface area (Å²) in [4.78, 5) is 0. The van der Waals surface area contributed by atoms with Gasteiger partial charge in [0.2, 0.25) is 0 Å². The molecular formula is C13H18BrFO. The summed E-state index contributed by atoms with van der Waals surface area (Å²) >= 11 is 3.32. The maximum atomic E-state index is 12.8. The number of halogens is 2. The van der Waals surface area contributed by atoms with Crippen molar-refractivity contribution in [2.45, 2.75) is 33.3 Å². The van der Waals surface area contributed by atoms with E-state index in [9.17, 15) is 4.39 Å². The lowest BCUT2D eigenvalue weighted by Gasteiger charge is -2.07. The Hall–Kier alpha value is -0.410. The van der Waals surface area contributed by atoms with Crippen LogP contribution >= 0.6 is 15.9 Å². The smallest absolute Gasteiger partial charge is 0.124 e. The lowest BCUT2D eigenvalue weighted by atomic mass is 10.1. The Kier molecular flexibility index (Phi) is 5.99. The molecule has 1 aromatic carbocycles. The van der Waals surface area contributed by atoms with Crippen molar-refractivity contribution in [3.05, 3.63) is 34.1 Å². The number of rotatable bonds is 6. The van der Waals surface area contributed by atoms with Crippen LogP contribution in [-0.2, 0) is 11.3 Å². The van der Waals surface area contributed by atoms with E-state index in [2.05, 4.69) is 29.8 Å². The van der Waals surface area contributed by atoms with Crippen LogP contribution in [0.1, 0.15) is 32.3 Å². The van der Waals surface area contributed by atoms with Crippen LogP contribution in [0.5, 0.6) is 0 Å². The van der Waals surface area contributed by atoms with Gasteiger partial charge in [0.25, 0.3) is 0 Å². The second-order valence-corrected chi connectivity index (χ2v) is 5.18. The summed E-state index contributed by atoms with van der Waals surface area (Å²) in [5, 5.41) is 0. The summed E-state index contributed by atoms with van der Waals surface area (Å²) in [5.41, 5.74) is 0.992. The zero-order valence-electron chi connectivity index (χ0n) is 9.80. The van der Waals surface area contributed by atoms with Gasteiger partial charge in [-0.3, -0.25) is 0 Å². The van der Waals surface area contributed by atoms with Crippen molar-refractivity contribution in [3.63, 3.8) is 0 Å². The number of hydrogen-bond acceptors (Lipinski definition) is 1. The molecule has 0 aliphatic carbocycles. The van der Waals surface area contributed by atoms with Gasteiger partial charge in [0.1, 0.15) is 5.82 Å². The molecule has 0 aromatic heterocycles. The third kappa shape index (κ3) is 5.08. The quantitative estimate of drug-likeness (QED) is 0.698. The molecule has 0 fully saturated rings. The van der Waals surface area contributed by atoms with Crippen molar-refractivity contribution in [2.24, 2.45) is 5.92 Å². The van der Waals surface area contributed by atoms with Crippen molar-refractivity contribution < 1.29 is 9.13 Å². The lowest BCUT2D eigenvalue weighted by Crippen LogP contribution is -1.98. The summed E-state index contributed by atoms with van der Waals surface area (Å²) in [7, 11) is 0. The molecule has 90 valence electrons. The Morgan fingerprint density at radius 3 is 2.75 bits per heavy atom. The zero-order valence-corrected chi connectivity index (χ0v) is 11.4. The first-order valence-electron chi connectivity index (χ1n) is 5.61. The van der Waals surface area contributed by atoms with Gasteiger partial charge >= 0.3 is 0 Å². The Morgan fingerprint density at radius 2 is 2.12 bits per heavy atom. The van der Waals surface area contributed by atoms with Gasteiger partial charge in [-0.15, -0.1) is 0 Å². The van der Waals surface area contributed by atoms with E-state index in [1.807, 2.05) is 0 Å². The molecule has 1 aromatic rings. The standard InChI is InChI=1S/C13H18BrFO/c1-10(2)4-3-7-16-9-11-5-6-12(15)8-13(11)14/h5-6,8,10H,3-4,7,9H2,1-2H3. The van der Waals surface area contributed by atoms with Crippen LogP contribution in [0.4, 0.5) is 4.39 Å². The van der Waals surface area contributed by atoms with Gasteiger partial charge < -0.3 is 4.74 Å². The molecule has 0 amide bonds. The summed E-state index contributed by atoms with van der Waals surface area (Å²) in [6.45, 7) is 5.72. The predicted octanol–water partition coefficient (Wildman–Crippen LogP) is 4.54. The maximum Gasteiger partial charge on any atom is 0.124 e. The molecule has 0 unspecified atom stereocenters. The van der Waals surface area contributed by atoms with Crippen LogP contribution in [0, 0.1) is 11.7 Å². The fourth-order valence-corrected chi connectivity index (χ4v) is 1.88. The molecule has 0 saturated heterocycles. The largest absolute Gasteiger partial charge is 0.377 e. The van der Waals surface area contributed by atoms with Gasteiger partial charge in [0, 0.05) is 11.1 Å². The lowest BCUT2D eigenvalue weighted by molar-refractivity contribution is 0.114. The van der Waals surface area contributed by atoms with E-state index in [1.54, 1.807) is 6.07 Å². The predicted molar refractivity (Wildman–Crippen MR) is 67.8 cm³/mol. The minimum atomic E-state index is -0.226. The molecule has 0 N–H and O–H groups in total. The monoisotopic (exact) mass is 288 g/mol. The first-order chi connectivity index (χ1) is 7.59.